The van der Waals surface area contributed by atoms with Crippen LogP contribution in [0, 0.1) is 0 Å². The maximum Gasteiger partial charge on any atom is 0.241 e. The summed E-state index contributed by atoms with van der Waals surface area (Å²) in [6, 6.07) is 21.3. The van der Waals surface area contributed by atoms with Gasteiger partial charge in [-0.3, -0.25) is 10.1 Å². The van der Waals surface area contributed by atoms with Gasteiger partial charge in [0, 0.05) is 4.88 Å². The summed E-state index contributed by atoms with van der Waals surface area (Å²) in [6.07, 6.45) is 0. The smallest absolute Gasteiger partial charge is 0.241 e. The fraction of sp³-hybridized carbons (Fsp3) is 0.190. The Kier molecular flexibility index (Phi) is 6.04. The van der Waals surface area contributed by atoms with E-state index in [2.05, 4.69) is 28.8 Å². The zero-order valence-corrected chi connectivity index (χ0v) is 15.6. The second-order valence-electron chi connectivity index (χ2n) is 5.94. The number of rotatable bonds is 7. The molecule has 2 aromatic carbocycles. The Bertz CT molecular complexity index is 834. The molecule has 0 spiro atoms. The molecule has 5 heteroatoms. The molecule has 134 valence electrons. The van der Waals surface area contributed by atoms with E-state index in [1.165, 1.54) is 4.88 Å². The van der Waals surface area contributed by atoms with Crippen LogP contribution < -0.4 is 15.4 Å². The molecule has 0 unspecified atom stereocenters. The number of amides is 1. The molecular formula is C21H22N2O2S. The van der Waals surface area contributed by atoms with Gasteiger partial charge in [-0.25, -0.2) is 0 Å². The van der Waals surface area contributed by atoms with Crippen LogP contribution in [0.25, 0.3) is 0 Å². The van der Waals surface area contributed by atoms with Crippen LogP contribution >= 0.6 is 11.3 Å². The molecule has 3 rings (SSSR count). The molecule has 0 aliphatic carbocycles. The number of thiophene rings is 1. The molecule has 0 saturated heterocycles. The summed E-state index contributed by atoms with van der Waals surface area (Å²) in [5.41, 5.74) is 1.80. The standard InChI is InChI=1S/C21H22N2O2S/c1-15(21(24)23-17-11-6-7-12-18(17)25-2)22-20(19-13-8-14-26-19)16-9-4-3-5-10-16/h3-15,20,22H,1-2H3,(H,23,24)/t15-,20-/m1/s1. The molecule has 2 atom stereocenters. The molecule has 1 heterocycles. The fourth-order valence-electron chi connectivity index (χ4n) is 2.76. The molecule has 0 bridgehead atoms. The minimum absolute atomic E-state index is 0.0328. The molecule has 3 aromatic rings. The fourth-order valence-corrected chi connectivity index (χ4v) is 3.57. The van der Waals surface area contributed by atoms with Gasteiger partial charge in [-0.15, -0.1) is 11.3 Å². The predicted octanol–water partition coefficient (Wildman–Crippen LogP) is 4.46. The lowest BCUT2D eigenvalue weighted by molar-refractivity contribution is -0.117. The number of nitrogens with one attached hydrogen (secondary N) is 2. The van der Waals surface area contributed by atoms with Gasteiger partial charge in [0.2, 0.25) is 5.91 Å². The van der Waals surface area contributed by atoms with Gasteiger partial charge in [-0.05, 0) is 36.1 Å². The Morgan fingerprint density at radius 1 is 1.00 bits per heavy atom. The summed E-state index contributed by atoms with van der Waals surface area (Å²) in [4.78, 5) is 13.9. The van der Waals surface area contributed by atoms with Gasteiger partial charge in [0.25, 0.3) is 0 Å². The molecule has 26 heavy (non-hydrogen) atoms. The number of ether oxygens (including phenoxy) is 1. The average molecular weight is 366 g/mol. The number of hydrogen-bond donors (Lipinski definition) is 2. The number of carbonyl (C=O) groups is 1. The normalized spacial score (nSPS) is 13.0. The van der Waals surface area contributed by atoms with Crippen LogP contribution in [-0.4, -0.2) is 19.1 Å². The van der Waals surface area contributed by atoms with Gasteiger partial charge >= 0.3 is 0 Å². The summed E-state index contributed by atoms with van der Waals surface area (Å²) in [7, 11) is 1.59. The molecule has 1 aromatic heterocycles. The van der Waals surface area contributed by atoms with E-state index in [0.29, 0.717) is 11.4 Å². The van der Waals surface area contributed by atoms with Crippen molar-refractivity contribution in [2.45, 2.75) is 19.0 Å². The van der Waals surface area contributed by atoms with E-state index >= 15 is 0 Å². The van der Waals surface area contributed by atoms with Crippen molar-refractivity contribution < 1.29 is 9.53 Å². The van der Waals surface area contributed by atoms with Crippen molar-refractivity contribution in [1.82, 2.24) is 5.32 Å². The number of anilines is 1. The molecule has 0 fully saturated rings. The van der Waals surface area contributed by atoms with Gasteiger partial charge in [-0.2, -0.15) is 0 Å². The Labute approximate surface area is 157 Å². The van der Waals surface area contributed by atoms with Crippen molar-refractivity contribution >= 4 is 22.9 Å². The first-order chi connectivity index (χ1) is 12.7. The average Bonchev–Trinajstić information content (AvgIpc) is 3.21. The van der Waals surface area contributed by atoms with E-state index in [0.717, 1.165) is 5.56 Å². The molecule has 0 aliphatic heterocycles. The minimum Gasteiger partial charge on any atom is -0.495 e. The van der Waals surface area contributed by atoms with Crippen LogP contribution in [-0.2, 0) is 4.79 Å². The van der Waals surface area contributed by atoms with E-state index in [1.54, 1.807) is 18.4 Å². The lowest BCUT2D eigenvalue weighted by atomic mass is 10.0. The van der Waals surface area contributed by atoms with E-state index in [4.69, 9.17) is 4.74 Å². The zero-order chi connectivity index (χ0) is 18.4. The SMILES string of the molecule is COc1ccccc1NC(=O)[C@@H](C)N[C@H](c1ccccc1)c1cccs1. The van der Waals surface area contributed by atoms with E-state index in [1.807, 2.05) is 60.8 Å². The second kappa shape index (κ2) is 8.65. The van der Waals surface area contributed by atoms with Crippen molar-refractivity contribution in [3.8, 4) is 5.75 Å². The zero-order valence-electron chi connectivity index (χ0n) is 14.8. The highest BCUT2D eigenvalue weighted by atomic mass is 32.1. The number of methoxy groups -OCH3 is 1. The third-order valence-corrected chi connectivity index (χ3v) is 5.07. The van der Waals surface area contributed by atoms with Crippen molar-refractivity contribution in [2.75, 3.05) is 12.4 Å². The van der Waals surface area contributed by atoms with E-state index in [-0.39, 0.29) is 18.0 Å². The molecule has 0 saturated carbocycles. The van der Waals surface area contributed by atoms with Gasteiger partial charge in [-0.1, -0.05) is 48.5 Å². The van der Waals surface area contributed by atoms with Crippen LogP contribution in [0.1, 0.15) is 23.4 Å². The monoisotopic (exact) mass is 366 g/mol. The third kappa shape index (κ3) is 4.31. The van der Waals surface area contributed by atoms with Gasteiger partial charge < -0.3 is 10.1 Å². The first kappa shape index (κ1) is 18.2. The number of carbonyl (C=O) groups excluding carboxylic acids is 1. The summed E-state index contributed by atoms with van der Waals surface area (Å²) >= 11 is 1.68. The molecule has 0 aliphatic rings. The summed E-state index contributed by atoms with van der Waals surface area (Å²) < 4.78 is 5.30. The summed E-state index contributed by atoms with van der Waals surface area (Å²) in [5, 5.41) is 8.44. The first-order valence-electron chi connectivity index (χ1n) is 8.47. The van der Waals surface area contributed by atoms with Gasteiger partial charge in [0.1, 0.15) is 5.75 Å². The first-order valence-corrected chi connectivity index (χ1v) is 9.35. The molecule has 2 N–H and O–H groups in total. The topological polar surface area (TPSA) is 50.4 Å². The van der Waals surface area contributed by atoms with Crippen LogP contribution in [0.5, 0.6) is 5.75 Å². The minimum atomic E-state index is -0.382. The molecule has 0 radical (unpaired) electrons. The molecule has 4 nitrogen and oxygen atoms in total. The highest BCUT2D eigenvalue weighted by Gasteiger charge is 2.22. The highest BCUT2D eigenvalue weighted by molar-refractivity contribution is 7.10. The molecular weight excluding hydrogens is 344 g/mol. The molecule has 1 amide bonds. The Morgan fingerprint density at radius 3 is 2.42 bits per heavy atom. The largest absolute Gasteiger partial charge is 0.495 e. The Hall–Kier alpha value is -2.63. The van der Waals surface area contributed by atoms with Gasteiger partial charge in [0.05, 0.1) is 24.9 Å². The Morgan fingerprint density at radius 2 is 1.73 bits per heavy atom. The van der Waals surface area contributed by atoms with Crippen LogP contribution in [0.3, 0.4) is 0 Å². The van der Waals surface area contributed by atoms with Crippen molar-refractivity contribution in [3.63, 3.8) is 0 Å². The number of hydrogen-bond acceptors (Lipinski definition) is 4. The van der Waals surface area contributed by atoms with Crippen LogP contribution in [0.15, 0.2) is 72.1 Å². The lowest BCUT2D eigenvalue weighted by Crippen LogP contribution is -2.40. The third-order valence-electron chi connectivity index (χ3n) is 4.14. The second-order valence-corrected chi connectivity index (χ2v) is 6.92. The highest BCUT2D eigenvalue weighted by Crippen LogP contribution is 2.27. The van der Waals surface area contributed by atoms with Gasteiger partial charge in [0.15, 0.2) is 0 Å². The van der Waals surface area contributed by atoms with Crippen molar-refractivity contribution in [2.24, 2.45) is 0 Å². The maximum absolute atomic E-state index is 12.7. The van der Waals surface area contributed by atoms with Crippen molar-refractivity contribution in [1.29, 1.82) is 0 Å². The number of benzene rings is 2. The Balaban J connectivity index is 1.75. The maximum atomic E-state index is 12.7. The van der Waals surface area contributed by atoms with Crippen molar-refractivity contribution in [3.05, 3.63) is 82.6 Å². The lowest BCUT2D eigenvalue weighted by Gasteiger charge is -2.23. The predicted molar refractivity (Wildman–Crippen MR) is 107 cm³/mol. The quantitative estimate of drug-likeness (QED) is 0.649. The number of para-hydroxylation sites is 2. The van der Waals surface area contributed by atoms with E-state index in [9.17, 15) is 4.79 Å². The van der Waals surface area contributed by atoms with E-state index < -0.39 is 0 Å². The summed E-state index contributed by atoms with van der Waals surface area (Å²) in [6.45, 7) is 1.87. The van der Waals surface area contributed by atoms with Crippen LogP contribution in [0.2, 0.25) is 0 Å². The summed E-state index contributed by atoms with van der Waals surface area (Å²) in [5.74, 6) is 0.540. The van der Waals surface area contributed by atoms with Crippen LogP contribution in [0.4, 0.5) is 5.69 Å².